The van der Waals surface area contributed by atoms with E-state index < -0.39 is 0 Å². The Labute approximate surface area is 201 Å². The van der Waals surface area contributed by atoms with Crippen LogP contribution in [0.15, 0.2) is 71.7 Å². The number of benzene rings is 2. The van der Waals surface area contributed by atoms with E-state index in [1.807, 2.05) is 11.0 Å². The number of hydrogen-bond donors (Lipinski definition) is 0. The second kappa shape index (κ2) is 9.28. The van der Waals surface area contributed by atoms with Gasteiger partial charge in [0.25, 0.3) is 5.56 Å². The van der Waals surface area contributed by atoms with E-state index in [0.717, 1.165) is 11.1 Å². The van der Waals surface area contributed by atoms with Gasteiger partial charge >= 0.3 is 0 Å². The third-order valence-electron chi connectivity index (χ3n) is 6.61. The second-order valence-corrected chi connectivity index (χ2v) is 8.60. The van der Waals surface area contributed by atoms with Gasteiger partial charge in [-0.3, -0.25) is 14.7 Å². The van der Waals surface area contributed by atoms with Crippen molar-refractivity contribution < 1.29 is 8.78 Å². The van der Waals surface area contributed by atoms with Gasteiger partial charge in [-0.1, -0.05) is 24.3 Å². The highest BCUT2D eigenvalue weighted by Gasteiger charge is 2.29. The lowest BCUT2D eigenvalue weighted by atomic mass is 9.96. The van der Waals surface area contributed by atoms with Crippen LogP contribution >= 0.6 is 0 Å². The molecule has 2 aromatic carbocycles. The molecule has 0 radical (unpaired) electrons. The first kappa shape index (κ1) is 22.7. The number of nitriles is 1. The van der Waals surface area contributed by atoms with Crippen molar-refractivity contribution in [3.8, 4) is 6.07 Å². The second-order valence-electron chi connectivity index (χ2n) is 8.60. The summed E-state index contributed by atoms with van der Waals surface area (Å²) in [6.07, 6.45) is 1.66. The van der Waals surface area contributed by atoms with Crippen LogP contribution in [0.1, 0.15) is 22.7 Å². The van der Waals surface area contributed by atoms with E-state index in [9.17, 15) is 18.8 Å². The molecule has 6 nitrogen and oxygen atoms in total. The van der Waals surface area contributed by atoms with Crippen LogP contribution in [0.4, 0.5) is 14.5 Å². The van der Waals surface area contributed by atoms with Crippen molar-refractivity contribution in [1.82, 2.24) is 14.5 Å². The Kier molecular flexibility index (Phi) is 6.01. The fraction of sp³-hybridized carbons (Fsp3) is 0.222. The Morgan fingerprint density at radius 2 is 1.49 bits per heavy atom. The predicted octanol–water partition coefficient (Wildman–Crippen LogP) is 3.99. The number of rotatable bonds is 4. The van der Waals surface area contributed by atoms with Crippen molar-refractivity contribution in [3.05, 3.63) is 106 Å². The summed E-state index contributed by atoms with van der Waals surface area (Å²) in [6.45, 7) is 2.36. The minimum absolute atomic E-state index is 0.0840. The van der Waals surface area contributed by atoms with E-state index in [0.29, 0.717) is 42.9 Å². The summed E-state index contributed by atoms with van der Waals surface area (Å²) >= 11 is 0. The van der Waals surface area contributed by atoms with E-state index in [4.69, 9.17) is 0 Å². The van der Waals surface area contributed by atoms with Crippen LogP contribution in [0, 0.1) is 23.0 Å². The molecular weight excluding hydrogens is 448 g/mol. The van der Waals surface area contributed by atoms with Crippen LogP contribution in [0.2, 0.25) is 0 Å². The number of aromatic nitrogens is 2. The topological polar surface area (TPSA) is 65.2 Å². The van der Waals surface area contributed by atoms with E-state index >= 15 is 0 Å². The first-order valence-electron chi connectivity index (χ1n) is 11.4. The van der Waals surface area contributed by atoms with Crippen molar-refractivity contribution in [3.63, 3.8) is 0 Å². The van der Waals surface area contributed by atoms with E-state index in [1.54, 1.807) is 43.6 Å². The first-order valence-corrected chi connectivity index (χ1v) is 11.4. The highest BCUT2D eigenvalue weighted by Crippen LogP contribution is 2.33. The molecule has 35 heavy (non-hydrogen) atoms. The van der Waals surface area contributed by atoms with Gasteiger partial charge < -0.3 is 9.47 Å². The summed E-state index contributed by atoms with van der Waals surface area (Å²) < 4.78 is 28.7. The number of halogens is 2. The minimum atomic E-state index is -0.346. The molecule has 5 rings (SSSR count). The van der Waals surface area contributed by atoms with Gasteiger partial charge in [0.05, 0.1) is 17.2 Å². The lowest BCUT2D eigenvalue weighted by Gasteiger charge is -2.41. The molecule has 1 saturated heterocycles. The number of anilines is 1. The van der Waals surface area contributed by atoms with Gasteiger partial charge in [-0.2, -0.15) is 5.26 Å². The standard InChI is InChI=1S/C27H23F2N5O/c1-32-23-3-2-12-31-24(23)26(22(17-30)27(32)35)34-15-13-33(14-16-34)25(18-4-8-20(28)9-5-18)19-6-10-21(29)11-7-19/h2-12,25H,13-16H2,1H3. The first-order chi connectivity index (χ1) is 17.0. The summed E-state index contributed by atoms with van der Waals surface area (Å²) in [7, 11) is 1.64. The normalized spacial score (nSPS) is 14.4. The molecule has 8 heteroatoms. The fourth-order valence-corrected chi connectivity index (χ4v) is 4.86. The average Bonchev–Trinajstić information content (AvgIpc) is 2.89. The fourth-order valence-electron chi connectivity index (χ4n) is 4.86. The van der Waals surface area contributed by atoms with Gasteiger partial charge in [0.1, 0.15) is 28.8 Å². The molecule has 1 aliphatic heterocycles. The van der Waals surface area contributed by atoms with Gasteiger partial charge in [0.15, 0.2) is 0 Å². The number of nitrogens with zero attached hydrogens (tertiary/aromatic N) is 5. The lowest BCUT2D eigenvalue weighted by Crippen LogP contribution is -2.48. The van der Waals surface area contributed by atoms with Crippen LogP contribution in [-0.4, -0.2) is 40.6 Å². The maximum absolute atomic E-state index is 13.6. The zero-order valence-electron chi connectivity index (χ0n) is 19.2. The quantitative estimate of drug-likeness (QED) is 0.450. The molecule has 0 aliphatic carbocycles. The largest absolute Gasteiger partial charge is 0.366 e. The smallest absolute Gasteiger partial charge is 0.270 e. The molecule has 0 unspecified atom stereocenters. The van der Waals surface area contributed by atoms with Gasteiger partial charge in [-0.25, -0.2) is 8.78 Å². The van der Waals surface area contributed by atoms with Crippen molar-refractivity contribution in [2.45, 2.75) is 6.04 Å². The zero-order valence-corrected chi connectivity index (χ0v) is 19.2. The SMILES string of the molecule is Cn1c(=O)c(C#N)c(N2CCN(C(c3ccc(F)cc3)c3ccc(F)cc3)CC2)c2ncccc21. The van der Waals surface area contributed by atoms with Crippen molar-refractivity contribution >= 4 is 16.7 Å². The molecule has 1 fully saturated rings. The van der Waals surface area contributed by atoms with Gasteiger partial charge in [-0.05, 0) is 47.5 Å². The van der Waals surface area contributed by atoms with Crippen molar-refractivity contribution in [2.24, 2.45) is 7.05 Å². The zero-order chi connectivity index (χ0) is 24.5. The molecule has 0 N–H and O–H groups in total. The van der Waals surface area contributed by atoms with E-state index in [-0.39, 0.29) is 28.8 Å². The number of aryl methyl sites for hydroxylation is 1. The molecule has 0 atom stereocenters. The van der Waals surface area contributed by atoms with Crippen molar-refractivity contribution in [1.29, 1.82) is 5.26 Å². The average molecular weight is 472 g/mol. The molecule has 4 aromatic rings. The van der Waals surface area contributed by atoms with Gasteiger partial charge in [-0.15, -0.1) is 0 Å². The monoisotopic (exact) mass is 471 g/mol. The summed E-state index contributed by atoms with van der Waals surface area (Å²) in [4.78, 5) is 21.7. The van der Waals surface area contributed by atoms with E-state index in [1.165, 1.54) is 28.8 Å². The number of piperazine rings is 1. The Bertz CT molecular complexity index is 1420. The lowest BCUT2D eigenvalue weighted by molar-refractivity contribution is 0.212. The maximum Gasteiger partial charge on any atom is 0.270 e. The summed E-state index contributed by atoms with van der Waals surface area (Å²) in [5.41, 5.74) is 3.40. The van der Waals surface area contributed by atoms with Crippen LogP contribution in [0.5, 0.6) is 0 Å². The highest BCUT2D eigenvalue weighted by atomic mass is 19.1. The summed E-state index contributed by atoms with van der Waals surface area (Å²) in [5.74, 6) is -0.629. The van der Waals surface area contributed by atoms with Crippen molar-refractivity contribution in [2.75, 3.05) is 31.1 Å². The third kappa shape index (κ3) is 4.15. The summed E-state index contributed by atoms with van der Waals surface area (Å²) in [6, 6.07) is 18.2. The number of pyridine rings is 2. The molecule has 0 spiro atoms. The number of fused-ring (bicyclic) bond motifs is 1. The third-order valence-corrected chi connectivity index (χ3v) is 6.61. The molecule has 0 bridgehead atoms. The molecular formula is C27H23F2N5O. The molecule has 1 aliphatic rings. The Balaban J connectivity index is 1.49. The van der Waals surface area contributed by atoms with Crippen LogP contribution in [-0.2, 0) is 7.05 Å². The Hall–Kier alpha value is -4.09. The highest BCUT2D eigenvalue weighted by molar-refractivity contribution is 5.91. The maximum atomic E-state index is 13.6. The van der Waals surface area contributed by atoms with Crippen LogP contribution < -0.4 is 10.5 Å². The molecule has 0 amide bonds. The van der Waals surface area contributed by atoms with Crippen LogP contribution in [0.3, 0.4) is 0 Å². The molecule has 2 aromatic heterocycles. The van der Waals surface area contributed by atoms with E-state index in [2.05, 4.69) is 16.0 Å². The Morgan fingerprint density at radius 1 is 0.914 bits per heavy atom. The minimum Gasteiger partial charge on any atom is -0.366 e. The number of hydrogen-bond acceptors (Lipinski definition) is 5. The molecule has 176 valence electrons. The summed E-state index contributed by atoms with van der Waals surface area (Å²) in [5, 5.41) is 9.81. The molecule has 3 heterocycles. The van der Waals surface area contributed by atoms with Crippen LogP contribution in [0.25, 0.3) is 11.0 Å². The van der Waals surface area contributed by atoms with Gasteiger partial charge in [0, 0.05) is 39.4 Å². The van der Waals surface area contributed by atoms with Gasteiger partial charge in [0.2, 0.25) is 0 Å². The molecule has 0 saturated carbocycles. The predicted molar refractivity (Wildman–Crippen MR) is 130 cm³/mol. The Morgan fingerprint density at radius 3 is 2.03 bits per heavy atom.